The molecule has 0 aliphatic heterocycles. The van der Waals surface area contributed by atoms with Crippen LogP contribution < -0.4 is 15.4 Å². The van der Waals surface area contributed by atoms with Crippen LogP contribution in [0.3, 0.4) is 0 Å². The first kappa shape index (κ1) is 18.1. The number of ether oxygens (including phenoxy) is 1. The van der Waals surface area contributed by atoms with E-state index < -0.39 is 4.92 Å². The molecule has 8 nitrogen and oxygen atoms in total. The van der Waals surface area contributed by atoms with E-state index in [1.807, 2.05) is 32.0 Å². The van der Waals surface area contributed by atoms with Crippen LogP contribution in [-0.4, -0.2) is 22.0 Å². The lowest BCUT2D eigenvalue weighted by Crippen LogP contribution is -2.06. The molecule has 0 saturated carbocycles. The summed E-state index contributed by atoms with van der Waals surface area (Å²) in [5.74, 6) is 0.919. The predicted octanol–water partition coefficient (Wildman–Crippen LogP) is 4.50. The summed E-state index contributed by atoms with van der Waals surface area (Å²) in [4.78, 5) is 19.3. The van der Waals surface area contributed by atoms with E-state index in [4.69, 9.17) is 4.74 Å². The molecule has 8 heteroatoms. The summed E-state index contributed by atoms with van der Waals surface area (Å²) in [7, 11) is 1.57. The van der Waals surface area contributed by atoms with E-state index in [0.717, 1.165) is 16.8 Å². The van der Waals surface area contributed by atoms with Crippen molar-refractivity contribution in [2.75, 3.05) is 17.7 Å². The summed E-state index contributed by atoms with van der Waals surface area (Å²) in [5.41, 5.74) is 3.25. The van der Waals surface area contributed by atoms with Crippen LogP contribution in [0.15, 0.2) is 48.8 Å². The zero-order valence-corrected chi connectivity index (χ0v) is 15.2. The van der Waals surface area contributed by atoms with Crippen LogP contribution in [0.25, 0.3) is 0 Å². The number of rotatable bonds is 6. The van der Waals surface area contributed by atoms with Crippen molar-refractivity contribution in [3.05, 3.63) is 70.0 Å². The summed E-state index contributed by atoms with van der Waals surface area (Å²) in [6.07, 6.45) is 1.28. The molecule has 0 aliphatic carbocycles. The number of anilines is 4. The second-order valence-corrected chi connectivity index (χ2v) is 5.90. The third kappa shape index (κ3) is 3.95. The van der Waals surface area contributed by atoms with Gasteiger partial charge in [0.15, 0.2) is 0 Å². The van der Waals surface area contributed by atoms with Gasteiger partial charge in [0.2, 0.25) is 11.6 Å². The highest BCUT2D eigenvalue weighted by atomic mass is 16.6. The van der Waals surface area contributed by atoms with Gasteiger partial charge in [-0.2, -0.15) is 0 Å². The topological polar surface area (TPSA) is 102 Å². The molecule has 138 valence electrons. The Morgan fingerprint density at radius 1 is 1.00 bits per heavy atom. The molecule has 3 rings (SSSR count). The SMILES string of the molecule is COc1ccc(Nc2ncnc(Nc3cccc(C)c3C)c2[N+](=O)[O-])cc1. The van der Waals surface area contributed by atoms with E-state index in [2.05, 4.69) is 20.6 Å². The largest absolute Gasteiger partial charge is 0.497 e. The molecule has 0 radical (unpaired) electrons. The minimum atomic E-state index is -0.501. The summed E-state index contributed by atoms with van der Waals surface area (Å²) < 4.78 is 5.12. The lowest BCUT2D eigenvalue weighted by atomic mass is 10.1. The van der Waals surface area contributed by atoms with E-state index in [-0.39, 0.29) is 17.3 Å². The molecule has 0 bridgehead atoms. The van der Waals surface area contributed by atoms with Gasteiger partial charge in [0.1, 0.15) is 12.1 Å². The van der Waals surface area contributed by atoms with Crippen molar-refractivity contribution < 1.29 is 9.66 Å². The average molecular weight is 365 g/mol. The molecule has 1 heterocycles. The third-order valence-corrected chi connectivity index (χ3v) is 4.22. The van der Waals surface area contributed by atoms with Crippen LogP contribution in [0.4, 0.5) is 28.7 Å². The first-order chi connectivity index (χ1) is 13.0. The summed E-state index contributed by atoms with van der Waals surface area (Å²) in [6.45, 7) is 3.92. The second-order valence-electron chi connectivity index (χ2n) is 5.90. The quantitative estimate of drug-likeness (QED) is 0.490. The Balaban J connectivity index is 1.97. The average Bonchev–Trinajstić information content (AvgIpc) is 2.66. The number of nitro groups is 1. The summed E-state index contributed by atoms with van der Waals surface area (Å²) >= 11 is 0. The molecule has 0 amide bonds. The smallest absolute Gasteiger partial charge is 0.353 e. The third-order valence-electron chi connectivity index (χ3n) is 4.22. The maximum absolute atomic E-state index is 11.7. The van der Waals surface area contributed by atoms with Crippen molar-refractivity contribution >= 4 is 28.7 Å². The molecule has 0 atom stereocenters. The fraction of sp³-hybridized carbons (Fsp3) is 0.158. The fourth-order valence-electron chi connectivity index (χ4n) is 2.56. The minimum absolute atomic E-state index is 0.105. The van der Waals surface area contributed by atoms with Gasteiger partial charge in [0, 0.05) is 11.4 Å². The molecule has 0 saturated heterocycles. The van der Waals surface area contributed by atoms with Gasteiger partial charge in [-0.3, -0.25) is 10.1 Å². The van der Waals surface area contributed by atoms with E-state index >= 15 is 0 Å². The van der Waals surface area contributed by atoms with Crippen LogP contribution in [0, 0.1) is 24.0 Å². The Labute approximate surface area is 156 Å². The molecule has 2 N–H and O–H groups in total. The number of benzene rings is 2. The van der Waals surface area contributed by atoms with Crippen LogP contribution in [0.5, 0.6) is 5.75 Å². The van der Waals surface area contributed by atoms with Crippen LogP contribution in [-0.2, 0) is 0 Å². The number of hydrogen-bond acceptors (Lipinski definition) is 7. The lowest BCUT2D eigenvalue weighted by Gasteiger charge is -2.13. The first-order valence-electron chi connectivity index (χ1n) is 8.23. The van der Waals surface area contributed by atoms with E-state index in [9.17, 15) is 10.1 Å². The number of aryl methyl sites for hydroxylation is 1. The van der Waals surface area contributed by atoms with E-state index in [1.54, 1.807) is 31.4 Å². The lowest BCUT2D eigenvalue weighted by molar-refractivity contribution is -0.383. The summed E-state index contributed by atoms with van der Waals surface area (Å²) in [5, 5.41) is 17.7. The number of nitrogens with zero attached hydrogens (tertiary/aromatic N) is 3. The molecule has 0 fully saturated rings. The predicted molar refractivity (Wildman–Crippen MR) is 104 cm³/mol. The molecule has 3 aromatic rings. The normalized spacial score (nSPS) is 10.3. The molecule has 1 aromatic heterocycles. The van der Waals surface area contributed by atoms with Gasteiger partial charge in [-0.05, 0) is 55.3 Å². The van der Waals surface area contributed by atoms with Crippen molar-refractivity contribution in [2.45, 2.75) is 13.8 Å². The number of hydrogen-bond donors (Lipinski definition) is 2. The zero-order chi connectivity index (χ0) is 19.4. The highest BCUT2D eigenvalue weighted by molar-refractivity contribution is 5.77. The Kier molecular flexibility index (Phi) is 5.16. The van der Waals surface area contributed by atoms with Crippen molar-refractivity contribution in [3.63, 3.8) is 0 Å². The second kappa shape index (κ2) is 7.69. The molecule has 27 heavy (non-hydrogen) atoms. The van der Waals surface area contributed by atoms with E-state index in [1.165, 1.54) is 6.33 Å². The van der Waals surface area contributed by atoms with Crippen LogP contribution in [0.1, 0.15) is 11.1 Å². The van der Waals surface area contributed by atoms with Crippen molar-refractivity contribution in [3.8, 4) is 5.75 Å². The van der Waals surface area contributed by atoms with Gasteiger partial charge in [0.05, 0.1) is 12.0 Å². The molecular weight excluding hydrogens is 346 g/mol. The minimum Gasteiger partial charge on any atom is -0.497 e. The molecular formula is C19H19N5O3. The van der Waals surface area contributed by atoms with Crippen molar-refractivity contribution in [2.24, 2.45) is 0 Å². The fourth-order valence-corrected chi connectivity index (χ4v) is 2.56. The molecule has 0 aliphatic rings. The van der Waals surface area contributed by atoms with Crippen LogP contribution >= 0.6 is 0 Å². The van der Waals surface area contributed by atoms with Gasteiger partial charge < -0.3 is 15.4 Å². The van der Waals surface area contributed by atoms with Gasteiger partial charge in [-0.25, -0.2) is 9.97 Å². The molecule has 0 spiro atoms. The monoisotopic (exact) mass is 365 g/mol. The Bertz CT molecular complexity index is 974. The summed E-state index contributed by atoms with van der Waals surface area (Å²) in [6, 6.07) is 12.7. The Hall–Kier alpha value is -3.68. The van der Waals surface area contributed by atoms with Gasteiger partial charge in [0.25, 0.3) is 0 Å². The standard InChI is InChI=1S/C19H19N5O3/c1-12-5-4-6-16(13(12)2)23-19-17(24(25)26)18(20-11-21-19)22-14-7-9-15(27-3)10-8-14/h4-11H,1-3H3,(H2,20,21,22,23). The number of nitrogens with one attached hydrogen (secondary N) is 2. The van der Waals surface area contributed by atoms with Crippen molar-refractivity contribution in [1.82, 2.24) is 9.97 Å². The van der Waals surface area contributed by atoms with Gasteiger partial charge >= 0.3 is 5.69 Å². The van der Waals surface area contributed by atoms with Gasteiger partial charge in [-0.15, -0.1) is 0 Å². The Morgan fingerprint density at radius 3 is 2.30 bits per heavy atom. The first-order valence-corrected chi connectivity index (χ1v) is 8.23. The highest BCUT2D eigenvalue weighted by Crippen LogP contribution is 2.34. The zero-order valence-electron chi connectivity index (χ0n) is 15.2. The molecule has 0 unspecified atom stereocenters. The van der Waals surface area contributed by atoms with Crippen molar-refractivity contribution in [1.29, 1.82) is 0 Å². The number of aromatic nitrogens is 2. The maximum Gasteiger partial charge on any atom is 0.353 e. The van der Waals surface area contributed by atoms with E-state index in [0.29, 0.717) is 11.4 Å². The highest BCUT2D eigenvalue weighted by Gasteiger charge is 2.23. The van der Waals surface area contributed by atoms with Crippen LogP contribution in [0.2, 0.25) is 0 Å². The molecule has 2 aromatic carbocycles. The van der Waals surface area contributed by atoms with Gasteiger partial charge in [-0.1, -0.05) is 12.1 Å². The Morgan fingerprint density at radius 2 is 1.67 bits per heavy atom. The number of methoxy groups -OCH3 is 1. The maximum atomic E-state index is 11.7.